The molecule has 0 radical (unpaired) electrons. The largest absolute Gasteiger partial charge is 0.483 e. The minimum Gasteiger partial charge on any atom is -0.483 e. The first-order valence-electron chi connectivity index (χ1n) is 9.10. The number of rotatable bonds is 6. The second kappa shape index (κ2) is 10.4. The number of carbonyl (C=O) groups excluding carboxylic acids is 2. The molecule has 6 nitrogen and oxygen atoms in total. The number of nitrogens with one attached hydrogen (secondary N) is 2. The summed E-state index contributed by atoms with van der Waals surface area (Å²) >= 11 is 15.3. The van der Waals surface area contributed by atoms with Gasteiger partial charge in [-0.15, -0.1) is 0 Å². The van der Waals surface area contributed by atoms with Crippen LogP contribution in [0.2, 0.25) is 10.0 Å². The van der Waals surface area contributed by atoms with E-state index in [1.807, 2.05) is 12.1 Å². The third-order valence-corrected chi connectivity index (χ3v) is 5.20. The van der Waals surface area contributed by atoms with E-state index >= 15 is 0 Å². The van der Waals surface area contributed by atoms with Gasteiger partial charge in [0.1, 0.15) is 11.5 Å². The Morgan fingerprint density at radius 1 is 1.07 bits per heavy atom. The molecule has 162 valence electrons. The molecule has 2 rings (SSSR count). The third kappa shape index (κ3) is 7.07. The third-order valence-electron chi connectivity index (χ3n) is 4.05. The highest BCUT2D eigenvalue weighted by molar-refractivity contribution is 9.10. The van der Waals surface area contributed by atoms with Crippen molar-refractivity contribution in [3.05, 3.63) is 56.5 Å². The van der Waals surface area contributed by atoms with Crippen molar-refractivity contribution in [1.82, 2.24) is 10.9 Å². The zero-order valence-electron chi connectivity index (χ0n) is 17.0. The van der Waals surface area contributed by atoms with Crippen molar-refractivity contribution in [2.24, 2.45) is 0 Å². The predicted molar refractivity (Wildman–Crippen MR) is 121 cm³/mol. The highest BCUT2D eigenvalue weighted by Crippen LogP contribution is 2.31. The fourth-order valence-electron chi connectivity index (χ4n) is 2.31. The quantitative estimate of drug-likeness (QED) is 0.526. The van der Waals surface area contributed by atoms with E-state index in [-0.39, 0.29) is 17.0 Å². The van der Waals surface area contributed by atoms with Crippen LogP contribution in [0.4, 0.5) is 0 Å². The van der Waals surface area contributed by atoms with Crippen LogP contribution in [0.3, 0.4) is 0 Å². The van der Waals surface area contributed by atoms with E-state index in [9.17, 15) is 9.59 Å². The molecule has 0 saturated heterocycles. The highest BCUT2D eigenvalue weighted by atomic mass is 79.9. The van der Waals surface area contributed by atoms with Gasteiger partial charge in [-0.2, -0.15) is 0 Å². The summed E-state index contributed by atoms with van der Waals surface area (Å²) in [6, 6.07) is 10.4. The lowest BCUT2D eigenvalue weighted by Crippen LogP contribution is -2.48. The van der Waals surface area contributed by atoms with Crippen LogP contribution >= 0.6 is 39.1 Å². The van der Waals surface area contributed by atoms with E-state index in [1.165, 1.54) is 13.0 Å². The van der Waals surface area contributed by atoms with Gasteiger partial charge in [-0.05, 0) is 64.2 Å². The molecule has 0 bridgehead atoms. The molecule has 0 unspecified atom stereocenters. The molecular formula is C21H23BrCl2N2O4. The Balaban J connectivity index is 1.82. The average molecular weight is 518 g/mol. The summed E-state index contributed by atoms with van der Waals surface area (Å²) in [5.74, 6) is -0.238. The van der Waals surface area contributed by atoms with Crippen LogP contribution in [0.25, 0.3) is 0 Å². The van der Waals surface area contributed by atoms with Gasteiger partial charge in [-0.3, -0.25) is 20.4 Å². The molecule has 0 aromatic heterocycles. The van der Waals surface area contributed by atoms with E-state index < -0.39 is 17.9 Å². The first kappa shape index (κ1) is 24.3. The number of ether oxygens (including phenoxy) is 2. The Morgan fingerprint density at radius 3 is 2.33 bits per heavy atom. The van der Waals surface area contributed by atoms with Gasteiger partial charge < -0.3 is 9.47 Å². The molecule has 2 aromatic rings. The summed E-state index contributed by atoms with van der Waals surface area (Å²) in [5, 5.41) is 0.735. The molecule has 2 N–H and O–H groups in total. The maximum absolute atomic E-state index is 12.1. The zero-order chi connectivity index (χ0) is 22.5. The van der Waals surface area contributed by atoms with Crippen molar-refractivity contribution >= 4 is 50.9 Å². The van der Waals surface area contributed by atoms with Crippen LogP contribution in [-0.4, -0.2) is 24.5 Å². The van der Waals surface area contributed by atoms with Crippen molar-refractivity contribution in [1.29, 1.82) is 0 Å². The summed E-state index contributed by atoms with van der Waals surface area (Å²) in [7, 11) is 0. The van der Waals surface area contributed by atoms with Crippen molar-refractivity contribution in [2.45, 2.75) is 39.2 Å². The number of benzene rings is 2. The Morgan fingerprint density at radius 2 is 1.73 bits per heavy atom. The molecule has 0 spiro atoms. The summed E-state index contributed by atoms with van der Waals surface area (Å²) in [4.78, 5) is 24.1. The van der Waals surface area contributed by atoms with Crippen LogP contribution in [-0.2, 0) is 15.0 Å². The molecule has 2 aromatic carbocycles. The lowest BCUT2D eigenvalue weighted by molar-refractivity contribution is -0.133. The molecule has 1 atom stereocenters. The van der Waals surface area contributed by atoms with E-state index in [2.05, 4.69) is 47.6 Å². The monoisotopic (exact) mass is 516 g/mol. The molecule has 2 amide bonds. The van der Waals surface area contributed by atoms with Gasteiger partial charge in [0.15, 0.2) is 12.7 Å². The fraction of sp³-hybridized carbons (Fsp3) is 0.333. The Hall–Kier alpha value is -1.96. The van der Waals surface area contributed by atoms with Gasteiger partial charge in [0, 0.05) is 5.02 Å². The van der Waals surface area contributed by atoms with Crippen LogP contribution in [0.5, 0.6) is 11.5 Å². The summed E-state index contributed by atoms with van der Waals surface area (Å²) in [6.07, 6.45) is -0.899. The molecule has 0 heterocycles. The van der Waals surface area contributed by atoms with Gasteiger partial charge in [0.2, 0.25) is 0 Å². The van der Waals surface area contributed by atoms with Crippen LogP contribution in [0, 0.1) is 0 Å². The zero-order valence-corrected chi connectivity index (χ0v) is 20.1. The number of hydrogen-bond donors (Lipinski definition) is 2. The standard InChI is InChI=1S/C21H23BrCl2N2O4/c1-12(30-18-8-6-14(23)10-16(18)24)20(28)26-25-19(27)11-29-17-7-5-13(9-15(17)22)21(2,3)4/h5-10,12H,11H2,1-4H3,(H,25,27)(H,26,28)/t12-/m0/s1. The van der Waals surface area contributed by atoms with Gasteiger partial charge in [-0.1, -0.05) is 50.0 Å². The predicted octanol–water partition coefficient (Wildman–Crippen LogP) is 5.05. The molecular weight excluding hydrogens is 495 g/mol. The first-order chi connectivity index (χ1) is 14.0. The topological polar surface area (TPSA) is 76.7 Å². The minimum absolute atomic E-state index is 0.00227. The van der Waals surface area contributed by atoms with E-state index in [4.69, 9.17) is 32.7 Å². The van der Waals surface area contributed by atoms with Crippen LogP contribution in [0.15, 0.2) is 40.9 Å². The van der Waals surface area contributed by atoms with E-state index in [1.54, 1.807) is 18.2 Å². The van der Waals surface area contributed by atoms with Crippen molar-refractivity contribution < 1.29 is 19.1 Å². The smallest absolute Gasteiger partial charge is 0.279 e. The number of halogens is 3. The van der Waals surface area contributed by atoms with Crippen molar-refractivity contribution in [3.63, 3.8) is 0 Å². The normalized spacial score (nSPS) is 12.1. The fourth-order valence-corrected chi connectivity index (χ4v) is 3.26. The molecule has 0 fully saturated rings. The summed E-state index contributed by atoms with van der Waals surface area (Å²) in [6.45, 7) is 7.58. The molecule has 0 aliphatic carbocycles. The maximum Gasteiger partial charge on any atom is 0.279 e. The second-order valence-corrected chi connectivity index (χ2v) is 9.25. The van der Waals surface area contributed by atoms with Crippen LogP contribution in [0.1, 0.15) is 33.3 Å². The molecule has 0 aliphatic rings. The summed E-state index contributed by atoms with van der Waals surface area (Å²) in [5.41, 5.74) is 5.70. The van der Waals surface area contributed by atoms with Crippen LogP contribution < -0.4 is 20.3 Å². The van der Waals surface area contributed by atoms with Gasteiger partial charge >= 0.3 is 0 Å². The van der Waals surface area contributed by atoms with E-state index in [0.29, 0.717) is 16.5 Å². The van der Waals surface area contributed by atoms with Gasteiger partial charge in [-0.25, -0.2) is 0 Å². The molecule has 0 saturated carbocycles. The Labute approximate surface area is 194 Å². The maximum atomic E-state index is 12.1. The second-order valence-electron chi connectivity index (χ2n) is 7.56. The first-order valence-corrected chi connectivity index (χ1v) is 10.7. The number of amides is 2. The average Bonchev–Trinajstić information content (AvgIpc) is 2.66. The number of hydrazine groups is 1. The number of hydrogen-bond acceptors (Lipinski definition) is 4. The van der Waals surface area contributed by atoms with Crippen molar-refractivity contribution in [2.75, 3.05) is 6.61 Å². The SMILES string of the molecule is C[C@H](Oc1ccc(Cl)cc1Cl)C(=O)NNC(=O)COc1ccc(C(C)(C)C)cc1Br. The Bertz CT molecular complexity index is 932. The van der Waals surface area contributed by atoms with Gasteiger partial charge in [0.05, 0.1) is 9.50 Å². The lowest BCUT2D eigenvalue weighted by atomic mass is 9.87. The minimum atomic E-state index is -0.899. The Kier molecular flexibility index (Phi) is 8.41. The lowest BCUT2D eigenvalue weighted by Gasteiger charge is -2.20. The highest BCUT2D eigenvalue weighted by Gasteiger charge is 2.18. The van der Waals surface area contributed by atoms with Crippen molar-refractivity contribution in [3.8, 4) is 11.5 Å². The molecule has 9 heteroatoms. The van der Waals surface area contributed by atoms with Gasteiger partial charge in [0.25, 0.3) is 11.8 Å². The summed E-state index contributed by atoms with van der Waals surface area (Å²) < 4.78 is 11.7. The molecule has 30 heavy (non-hydrogen) atoms. The molecule has 0 aliphatic heterocycles. The number of carbonyl (C=O) groups is 2. The van der Waals surface area contributed by atoms with E-state index in [0.717, 1.165) is 10.0 Å².